The van der Waals surface area contributed by atoms with Crippen molar-refractivity contribution in [1.82, 2.24) is 0 Å². The maximum atomic E-state index is 13.6. The van der Waals surface area contributed by atoms with E-state index in [0.29, 0.717) is 0 Å². The van der Waals surface area contributed by atoms with Crippen molar-refractivity contribution in [3.63, 3.8) is 0 Å². The van der Waals surface area contributed by atoms with Gasteiger partial charge in [0.1, 0.15) is 0 Å². The van der Waals surface area contributed by atoms with E-state index < -0.39 is 6.89 Å². The molecule has 0 aromatic heterocycles. The standard InChI is InChI=1S/C28H21OP/c29-26-21-27(22-13-5-1-6-14-22)30(24-17-9-3-10-18-24,25-19-11-4-12-20-25)28(26)23-15-7-2-8-16-23/h1-21H. The molecule has 1 aliphatic rings. The van der Waals surface area contributed by atoms with E-state index >= 15 is 0 Å². The van der Waals surface area contributed by atoms with Gasteiger partial charge in [-0.2, -0.15) is 0 Å². The first-order chi connectivity index (χ1) is 14.8. The summed E-state index contributed by atoms with van der Waals surface area (Å²) in [5.74, 6) is 0.112. The predicted octanol–water partition coefficient (Wildman–Crippen LogP) is 5.50. The van der Waals surface area contributed by atoms with E-state index in [0.717, 1.165) is 21.7 Å². The van der Waals surface area contributed by atoms with Crippen LogP contribution in [0.25, 0.3) is 5.31 Å². The summed E-state index contributed by atoms with van der Waals surface area (Å²) in [5.41, 5.74) is 2.11. The molecule has 0 N–H and O–H groups in total. The maximum Gasteiger partial charge on any atom is 0.188 e. The molecule has 0 bridgehead atoms. The number of benzene rings is 4. The zero-order valence-corrected chi connectivity index (χ0v) is 17.4. The second-order valence-electron chi connectivity index (χ2n) is 7.32. The summed E-state index contributed by atoms with van der Waals surface area (Å²) in [5, 5.41) is 4.45. The van der Waals surface area contributed by atoms with Crippen LogP contribution in [0.3, 0.4) is 0 Å². The summed E-state index contributed by atoms with van der Waals surface area (Å²) < 4.78 is 0. The Morgan fingerprint density at radius 1 is 0.467 bits per heavy atom. The summed E-state index contributed by atoms with van der Waals surface area (Å²) in [4.78, 5) is 13.6. The molecule has 4 aromatic rings. The summed E-state index contributed by atoms with van der Waals surface area (Å²) in [6.07, 6.45) is 1.88. The van der Waals surface area contributed by atoms with E-state index in [-0.39, 0.29) is 5.78 Å². The third kappa shape index (κ3) is 2.91. The van der Waals surface area contributed by atoms with Gasteiger partial charge in [0, 0.05) is 5.29 Å². The van der Waals surface area contributed by atoms with Gasteiger partial charge < -0.3 is 0 Å². The van der Waals surface area contributed by atoms with Crippen molar-refractivity contribution >= 4 is 33.9 Å². The molecule has 30 heavy (non-hydrogen) atoms. The zero-order valence-electron chi connectivity index (χ0n) is 16.5. The Balaban J connectivity index is 1.99. The number of hydrogen-bond acceptors (Lipinski definition) is 1. The summed E-state index contributed by atoms with van der Waals surface area (Å²) >= 11 is 0. The van der Waals surface area contributed by atoms with Crippen molar-refractivity contribution < 1.29 is 4.79 Å². The quantitative estimate of drug-likeness (QED) is 0.411. The first-order valence-electron chi connectivity index (χ1n) is 10.1. The van der Waals surface area contributed by atoms with E-state index in [4.69, 9.17) is 0 Å². The van der Waals surface area contributed by atoms with E-state index in [1.165, 1.54) is 10.6 Å². The van der Waals surface area contributed by atoms with Crippen LogP contribution in [0, 0.1) is 0 Å². The molecule has 0 radical (unpaired) electrons. The molecular weight excluding hydrogens is 383 g/mol. The number of hydrogen-bond donors (Lipinski definition) is 0. The highest BCUT2D eigenvalue weighted by molar-refractivity contribution is 7.99. The molecule has 0 amide bonds. The second-order valence-corrected chi connectivity index (χ2v) is 10.6. The Hall–Kier alpha value is -3.41. The van der Waals surface area contributed by atoms with Gasteiger partial charge in [-0.25, -0.2) is 0 Å². The Kier molecular flexibility index (Phi) is 4.83. The Morgan fingerprint density at radius 3 is 1.33 bits per heavy atom. The Bertz CT molecular complexity index is 1230. The second kappa shape index (κ2) is 7.78. The van der Waals surface area contributed by atoms with Gasteiger partial charge in [0.2, 0.25) is 0 Å². The Morgan fingerprint density at radius 2 is 0.867 bits per heavy atom. The van der Waals surface area contributed by atoms with Gasteiger partial charge in [-0.15, -0.1) is 0 Å². The number of ketones is 1. The molecular formula is C28H21OP. The molecule has 0 atom stereocenters. The van der Waals surface area contributed by atoms with Crippen LogP contribution >= 0.6 is 6.89 Å². The number of allylic oxidation sites excluding steroid dienone is 1. The molecule has 2 heteroatoms. The van der Waals surface area contributed by atoms with Gasteiger partial charge >= 0.3 is 0 Å². The van der Waals surface area contributed by atoms with Crippen molar-refractivity contribution in [2.45, 2.75) is 0 Å². The van der Waals surface area contributed by atoms with Crippen LogP contribution in [0.5, 0.6) is 0 Å². The lowest BCUT2D eigenvalue weighted by Crippen LogP contribution is -2.24. The summed E-state index contributed by atoms with van der Waals surface area (Å²) in [6, 6.07) is 41.6. The SMILES string of the molecule is O=C1C=C(c2ccccc2)P(c2ccccc2)(c2ccccc2)=C1c1ccccc1. The first kappa shape index (κ1) is 18.6. The smallest absolute Gasteiger partial charge is 0.188 e. The van der Waals surface area contributed by atoms with Crippen LogP contribution < -0.4 is 10.6 Å². The fourth-order valence-electron chi connectivity index (χ4n) is 4.38. The number of carbonyl (C=O) groups is 1. The van der Waals surface area contributed by atoms with E-state index in [2.05, 4.69) is 72.8 Å². The summed E-state index contributed by atoms with van der Waals surface area (Å²) in [7, 11) is 0. The average Bonchev–Trinajstić information content (AvgIpc) is 3.15. The lowest BCUT2D eigenvalue weighted by Gasteiger charge is -2.30. The van der Waals surface area contributed by atoms with Crippen LogP contribution in [-0.2, 0) is 4.79 Å². The highest BCUT2D eigenvalue weighted by atomic mass is 31.2. The van der Waals surface area contributed by atoms with Gasteiger partial charge in [-0.3, -0.25) is 4.79 Å². The third-order valence-corrected chi connectivity index (χ3v) is 10.0. The highest BCUT2D eigenvalue weighted by Crippen LogP contribution is 2.62. The molecule has 5 rings (SSSR count). The zero-order chi connectivity index (χ0) is 20.4. The van der Waals surface area contributed by atoms with Gasteiger partial charge in [0.15, 0.2) is 5.78 Å². The van der Waals surface area contributed by atoms with E-state index in [1.54, 1.807) is 0 Å². The van der Waals surface area contributed by atoms with Gasteiger partial charge in [0.25, 0.3) is 0 Å². The minimum Gasteiger partial charge on any atom is -0.289 e. The van der Waals surface area contributed by atoms with Crippen molar-refractivity contribution in [2.24, 2.45) is 0 Å². The lowest BCUT2D eigenvalue weighted by molar-refractivity contribution is -0.108. The lowest BCUT2D eigenvalue weighted by atomic mass is 10.1. The van der Waals surface area contributed by atoms with Crippen LogP contribution in [0.1, 0.15) is 11.1 Å². The van der Waals surface area contributed by atoms with Gasteiger partial charge in [0.05, 0.1) is 0 Å². The molecule has 0 fully saturated rings. The van der Waals surface area contributed by atoms with Crippen LogP contribution in [-0.4, -0.2) is 11.1 Å². The van der Waals surface area contributed by atoms with Crippen molar-refractivity contribution in [3.05, 3.63) is 139 Å². The molecule has 0 saturated carbocycles. The first-order valence-corrected chi connectivity index (χ1v) is 11.9. The van der Waals surface area contributed by atoms with Crippen LogP contribution in [0.15, 0.2) is 127 Å². The minimum atomic E-state index is -2.34. The Labute approximate surface area is 177 Å². The normalized spacial score (nSPS) is 15.1. The minimum absolute atomic E-state index is 0.112. The number of carbonyl (C=O) groups excluding carboxylic acids is 1. The van der Waals surface area contributed by atoms with Crippen molar-refractivity contribution in [1.29, 1.82) is 0 Å². The molecule has 0 spiro atoms. The van der Waals surface area contributed by atoms with Crippen molar-refractivity contribution in [3.8, 4) is 0 Å². The third-order valence-electron chi connectivity index (χ3n) is 5.60. The molecule has 0 unspecified atom stereocenters. The van der Waals surface area contributed by atoms with Gasteiger partial charge in [-0.1, -0.05) is 121 Å². The monoisotopic (exact) mass is 404 g/mol. The van der Waals surface area contributed by atoms with Crippen molar-refractivity contribution in [2.75, 3.05) is 0 Å². The molecule has 1 nitrogen and oxygen atoms in total. The molecule has 1 aliphatic heterocycles. The summed E-state index contributed by atoms with van der Waals surface area (Å²) in [6.45, 7) is -2.34. The average molecular weight is 404 g/mol. The molecule has 1 heterocycles. The topological polar surface area (TPSA) is 17.1 Å². The van der Waals surface area contributed by atoms with Gasteiger partial charge in [-0.05, 0) is 40.0 Å². The highest BCUT2D eigenvalue weighted by Gasteiger charge is 2.39. The molecule has 144 valence electrons. The van der Waals surface area contributed by atoms with E-state index in [9.17, 15) is 4.79 Å². The fraction of sp³-hybridized carbons (Fsp3) is 0. The van der Waals surface area contributed by atoms with Crippen LogP contribution in [0.2, 0.25) is 0 Å². The maximum absolute atomic E-state index is 13.6. The van der Waals surface area contributed by atoms with E-state index in [1.807, 2.05) is 54.6 Å². The molecule has 4 aromatic carbocycles. The predicted molar refractivity (Wildman–Crippen MR) is 129 cm³/mol. The fourth-order valence-corrected chi connectivity index (χ4v) is 9.01. The molecule has 0 saturated heterocycles. The number of rotatable bonds is 4. The largest absolute Gasteiger partial charge is 0.289 e. The van der Waals surface area contributed by atoms with Crippen LogP contribution in [0.4, 0.5) is 0 Å². The molecule has 0 aliphatic carbocycles.